The van der Waals surface area contributed by atoms with Gasteiger partial charge in [0.15, 0.2) is 5.78 Å². The monoisotopic (exact) mass is 166 g/mol. The van der Waals surface area contributed by atoms with E-state index >= 15 is 0 Å². The molecule has 0 aliphatic rings. The van der Waals surface area contributed by atoms with Gasteiger partial charge >= 0.3 is 0 Å². The molecule has 0 aromatic carbocycles. The largest absolute Gasteiger partial charge is 0.297 e. The molecule has 0 amide bonds. The highest BCUT2D eigenvalue weighted by atomic mass is 16.1. The molecular formula is C9H14N2O. The van der Waals surface area contributed by atoms with Crippen LogP contribution < -0.4 is 0 Å². The van der Waals surface area contributed by atoms with Crippen LogP contribution in [0.1, 0.15) is 31.9 Å². The van der Waals surface area contributed by atoms with Crippen LogP contribution in [0.25, 0.3) is 0 Å². The third kappa shape index (κ3) is 1.72. The molecule has 1 atom stereocenters. The van der Waals surface area contributed by atoms with E-state index in [1.54, 1.807) is 10.9 Å². The van der Waals surface area contributed by atoms with Crippen LogP contribution in [0, 0.1) is 6.92 Å². The van der Waals surface area contributed by atoms with E-state index in [0.717, 1.165) is 5.56 Å². The first-order valence-electron chi connectivity index (χ1n) is 4.18. The molecule has 1 aromatic rings. The van der Waals surface area contributed by atoms with Crippen LogP contribution in [0.2, 0.25) is 0 Å². The summed E-state index contributed by atoms with van der Waals surface area (Å²) in [5.74, 6) is 0.220. The summed E-state index contributed by atoms with van der Waals surface area (Å²) in [7, 11) is 0. The minimum Gasteiger partial charge on any atom is -0.297 e. The molecule has 3 heteroatoms. The number of hydrogen-bond donors (Lipinski definition) is 0. The number of carbonyl (C=O) groups excluding carboxylic acids is 1. The molecule has 0 saturated carbocycles. The molecule has 0 bridgehead atoms. The lowest BCUT2D eigenvalue weighted by Crippen LogP contribution is -2.15. The van der Waals surface area contributed by atoms with Crippen molar-refractivity contribution in [1.29, 1.82) is 0 Å². The van der Waals surface area contributed by atoms with Crippen LogP contribution in [0.5, 0.6) is 0 Å². The summed E-state index contributed by atoms with van der Waals surface area (Å²) in [4.78, 5) is 11.3. The summed E-state index contributed by atoms with van der Waals surface area (Å²) in [6.07, 6.45) is 4.22. The Balaban J connectivity index is 2.77. The molecule has 0 radical (unpaired) electrons. The van der Waals surface area contributed by atoms with Gasteiger partial charge in [-0.1, -0.05) is 6.92 Å². The van der Waals surface area contributed by atoms with Crippen LogP contribution >= 0.6 is 0 Å². The Kier molecular flexibility index (Phi) is 2.63. The topological polar surface area (TPSA) is 34.9 Å². The van der Waals surface area contributed by atoms with Crippen molar-refractivity contribution in [1.82, 2.24) is 9.78 Å². The van der Waals surface area contributed by atoms with Crippen LogP contribution in [-0.4, -0.2) is 15.6 Å². The van der Waals surface area contributed by atoms with Crippen molar-refractivity contribution < 1.29 is 4.79 Å². The predicted octanol–water partition coefficient (Wildman–Crippen LogP) is 1.73. The minimum absolute atomic E-state index is 0.122. The molecule has 1 rings (SSSR count). The highest BCUT2D eigenvalue weighted by molar-refractivity contribution is 5.81. The van der Waals surface area contributed by atoms with E-state index in [9.17, 15) is 4.79 Å². The van der Waals surface area contributed by atoms with Crippen molar-refractivity contribution in [2.75, 3.05) is 0 Å². The highest BCUT2D eigenvalue weighted by Crippen LogP contribution is 2.08. The molecule has 0 fully saturated rings. The second-order valence-corrected chi connectivity index (χ2v) is 2.99. The summed E-state index contributed by atoms with van der Waals surface area (Å²) in [6, 6.07) is -0.122. The first-order chi connectivity index (χ1) is 5.65. The fraction of sp³-hybridized carbons (Fsp3) is 0.556. The number of aryl methyl sites for hydroxylation is 1. The number of carbonyl (C=O) groups is 1. The number of nitrogens with zero attached hydrogens (tertiary/aromatic N) is 2. The Morgan fingerprint density at radius 3 is 2.83 bits per heavy atom. The Hall–Kier alpha value is -1.12. The van der Waals surface area contributed by atoms with Crippen molar-refractivity contribution in [3.8, 4) is 0 Å². The maximum atomic E-state index is 11.3. The van der Waals surface area contributed by atoms with Crippen molar-refractivity contribution in [3.05, 3.63) is 18.0 Å². The molecule has 1 aromatic heterocycles. The second kappa shape index (κ2) is 3.52. The van der Waals surface area contributed by atoms with Gasteiger partial charge in [-0.05, 0) is 19.4 Å². The van der Waals surface area contributed by atoms with Gasteiger partial charge in [0.1, 0.15) is 6.04 Å². The summed E-state index contributed by atoms with van der Waals surface area (Å²) in [5.41, 5.74) is 1.09. The Labute approximate surface area is 72.4 Å². The third-order valence-electron chi connectivity index (χ3n) is 1.94. The zero-order chi connectivity index (χ0) is 9.14. The third-order valence-corrected chi connectivity index (χ3v) is 1.94. The van der Waals surface area contributed by atoms with Crippen molar-refractivity contribution in [2.24, 2.45) is 0 Å². The highest BCUT2D eigenvalue weighted by Gasteiger charge is 2.12. The Bertz CT molecular complexity index is 278. The summed E-state index contributed by atoms with van der Waals surface area (Å²) in [6.45, 7) is 5.71. The normalized spacial score (nSPS) is 12.9. The lowest BCUT2D eigenvalue weighted by Gasteiger charge is -2.08. The molecule has 0 N–H and O–H groups in total. The van der Waals surface area contributed by atoms with E-state index in [1.165, 1.54) is 0 Å². The average Bonchev–Trinajstić information content (AvgIpc) is 2.49. The Morgan fingerprint density at radius 2 is 2.42 bits per heavy atom. The zero-order valence-electron chi connectivity index (χ0n) is 7.74. The van der Waals surface area contributed by atoms with Crippen molar-refractivity contribution >= 4 is 5.78 Å². The number of rotatable bonds is 3. The summed E-state index contributed by atoms with van der Waals surface area (Å²) >= 11 is 0. The van der Waals surface area contributed by atoms with E-state index in [1.807, 2.05) is 27.0 Å². The second-order valence-electron chi connectivity index (χ2n) is 2.99. The summed E-state index contributed by atoms with van der Waals surface area (Å²) in [5, 5.41) is 4.08. The van der Waals surface area contributed by atoms with E-state index in [-0.39, 0.29) is 11.8 Å². The maximum Gasteiger partial charge on any atom is 0.156 e. The Morgan fingerprint density at radius 1 is 1.75 bits per heavy atom. The first-order valence-corrected chi connectivity index (χ1v) is 4.18. The molecule has 0 aliphatic heterocycles. The smallest absolute Gasteiger partial charge is 0.156 e. The SMILES string of the molecule is CCC(=O)C(C)n1cc(C)cn1. The fourth-order valence-electron chi connectivity index (χ4n) is 1.09. The fourth-order valence-corrected chi connectivity index (χ4v) is 1.09. The lowest BCUT2D eigenvalue weighted by molar-refractivity contribution is -0.121. The number of aromatic nitrogens is 2. The molecule has 1 unspecified atom stereocenters. The van der Waals surface area contributed by atoms with Crippen molar-refractivity contribution in [2.45, 2.75) is 33.2 Å². The van der Waals surface area contributed by atoms with Gasteiger partial charge in [-0.25, -0.2) is 0 Å². The van der Waals surface area contributed by atoms with Gasteiger partial charge in [0.05, 0.1) is 6.20 Å². The lowest BCUT2D eigenvalue weighted by atomic mass is 10.2. The molecule has 12 heavy (non-hydrogen) atoms. The van der Waals surface area contributed by atoms with E-state index in [0.29, 0.717) is 6.42 Å². The standard InChI is InChI=1S/C9H14N2O/c1-4-9(12)8(3)11-6-7(2)5-10-11/h5-6,8H,4H2,1-3H3. The first kappa shape index (κ1) is 8.97. The van der Waals surface area contributed by atoms with Crippen LogP contribution in [0.4, 0.5) is 0 Å². The van der Waals surface area contributed by atoms with Crippen molar-refractivity contribution in [3.63, 3.8) is 0 Å². The zero-order valence-corrected chi connectivity index (χ0v) is 7.74. The van der Waals surface area contributed by atoms with Gasteiger partial charge in [0, 0.05) is 12.6 Å². The van der Waals surface area contributed by atoms with Gasteiger partial charge in [-0.15, -0.1) is 0 Å². The van der Waals surface area contributed by atoms with Gasteiger partial charge < -0.3 is 0 Å². The van der Waals surface area contributed by atoms with Crippen LogP contribution in [0.3, 0.4) is 0 Å². The maximum absolute atomic E-state index is 11.3. The number of ketones is 1. The molecule has 66 valence electrons. The molecule has 1 heterocycles. The van der Waals surface area contributed by atoms with Gasteiger partial charge in [0.2, 0.25) is 0 Å². The van der Waals surface area contributed by atoms with E-state index < -0.39 is 0 Å². The minimum atomic E-state index is -0.122. The molecular weight excluding hydrogens is 152 g/mol. The van der Waals surface area contributed by atoms with Crippen LogP contribution in [-0.2, 0) is 4.79 Å². The van der Waals surface area contributed by atoms with Gasteiger partial charge in [-0.3, -0.25) is 9.48 Å². The average molecular weight is 166 g/mol. The number of hydrogen-bond acceptors (Lipinski definition) is 2. The predicted molar refractivity (Wildman–Crippen MR) is 47.0 cm³/mol. The van der Waals surface area contributed by atoms with Crippen LogP contribution in [0.15, 0.2) is 12.4 Å². The van der Waals surface area contributed by atoms with Gasteiger partial charge in [0.25, 0.3) is 0 Å². The van der Waals surface area contributed by atoms with E-state index in [4.69, 9.17) is 0 Å². The van der Waals surface area contributed by atoms with E-state index in [2.05, 4.69) is 5.10 Å². The molecule has 0 spiro atoms. The quantitative estimate of drug-likeness (QED) is 0.685. The number of Topliss-reactive ketones (excluding diaryl/α,β-unsaturated/α-hetero) is 1. The molecule has 3 nitrogen and oxygen atoms in total. The summed E-state index contributed by atoms with van der Waals surface area (Å²) < 4.78 is 1.71. The molecule has 0 aliphatic carbocycles. The van der Waals surface area contributed by atoms with Gasteiger partial charge in [-0.2, -0.15) is 5.10 Å². The molecule has 0 saturated heterocycles.